The minimum Gasteiger partial charge on any atom is -0.478 e. The summed E-state index contributed by atoms with van der Waals surface area (Å²) < 4.78 is 5.62. The lowest BCUT2D eigenvalue weighted by Gasteiger charge is -2.33. The number of carbonyl (C=O) groups excluding carboxylic acids is 2. The minimum atomic E-state index is -0.711. The molecule has 0 fully saturated rings. The first kappa shape index (κ1) is 16.6. The van der Waals surface area contributed by atoms with Crippen molar-refractivity contribution < 1.29 is 19.2 Å². The molecule has 0 aliphatic carbocycles. The van der Waals surface area contributed by atoms with Gasteiger partial charge in [-0.2, -0.15) is 0 Å². The highest BCUT2D eigenvalue weighted by molar-refractivity contribution is 6.08. The number of anilines is 1. The number of Topliss-reactive ketones (excluding diaryl/α,β-unsaturated/α-hetero) is 1. The second kappa shape index (κ2) is 6.72. The standard InChI is InChI=1S/C18H16N2O5/c1-2-16-18(22)19(11-15(21)12-6-4-3-5-7-12)14-10-13(20(23)24)8-9-17(14)25-16/h3-10,16H,2,11H2,1H3. The second-order valence-corrected chi connectivity index (χ2v) is 5.64. The number of ketones is 1. The van der Waals surface area contributed by atoms with Crippen LogP contribution in [0.4, 0.5) is 11.4 Å². The number of non-ortho nitro benzene ring substituents is 1. The van der Waals surface area contributed by atoms with Gasteiger partial charge in [0.1, 0.15) is 5.75 Å². The van der Waals surface area contributed by atoms with Crippen molar-refractivity contribution in [3.8, 4) is 5.75 Å². The molecule has 1 amide bonds. The number of hydrogen-bond donors (Lipinski definition) is 0. The predicted octanol–water partition coefficient (Wildman–Crippen LogP) is 2.98. The van der Waals surface area contributed by atoms with Crippen molar-refractivity contribution in [3.05, 3.63) is 64.2 Å². The molecule has 128 valence electrons. The molecule has 0 saturated heterocycles. The zero-order valence-corrected chi connectivity index (χ0v) is 13.5. The molecule has 1 unspecified atom stereocenters. The summed E-state index contributed by atoms with van der Waals surface area (Å²) in [5.74, 6) is -0.263. The quantitative estimate of drug-likeness (QED) is 0.474. The maximum Gasteiger partial charge on any atom is 0.271 e. The van der Waals surface area contributed by atoms with Crippen LogP contribution in [0.2, 0.25) is 0 Å². The Morgan fingerprint density at radius 1 is 1.24 bits per heavy atom. The van der Waals surface area contributed by atoms with Crippen molar-refractivity contribution >= 4 is 23.1 Å². The summed E-state index contributed by atoms with van der Waals surface area (Å²) >= 11 is 0. The molecule has 1 atom stereocenters. The lowest BCUT2D eigenvalue weighted by molar-refractivity contribution is -0.384. The van der Waals surface area contributed by atoms with Gasteiger partial charge in [-0.25, -0.2) is 0 Å². The molecule has 7 nitrogen and oxygen atoms in total. The molecule has 0 bridgehead atoms. The Morgan fingerprint density at radius 2 is 1.96 bits per heavy atom. The average Bonchev–Trinajstić information content (AvgIpc) is 2.63. The number of rotatable bonds is 5. The highest BCUT2D eigenvalue weighted by Gasteiger charge is 2.35. The second-order valence-electron chi connectivity index (χ2n) is 5.64. The fraction of sp³-hybridized carbons (Fsp3) is 0.222. The van der Waals surface area contributed by atoms with E-state index in [2.05, 4.69) is 0 Å². The molecule has 0 radical (unpaired) electrons. The minimum absolute atomic E-state index is 0.165. The van der Waals surface area contributed by atoms with Crippen LogP contribution in [-0.4, -0.2) is 29.3 Å². The number of nitrogens with zero attached hydrogens (tertiary/aromatic N) is 2. The van der Waals surface area contributed by atoms with Gasteiger partial charge in [-0.05, 0) is 12.5 Å². The topological polar surface area (TPSA) is 89.8 Å². The zero-order valence-electron chi connectivity index (χ0n) is 13.5. The molecule has 2 aromatic carbocycles. The van der Waals surface area contributed by atoms with Crippen LogP contribution in [0.5, 0.6) is 5.75 Å². The van der Waals surface area contributed by atoms with Crippen LogP contribution in [0, 0.1) is 10.1 Å². The smallest absolute Gasteiger partial charge is 0.271 e. The van der Waals surface area contributed by atoms with Gasteiger partial charge >= 0.3 is 0 Å². The summed E-state index contributed by atoms with van der Waals surface area (Å²) in [7, 11) is 0. The molecule has 3 rings (SSSR count). The van der Waals surface area contributed by atoms with E-state index in [4.69, 9.17) is 4.74 Å². The molecule has 25 heavy (non-hydrogen) atoms. The van der Waals surface area contributed by atoms with Gasteiger partial charge in [-0.15, -0.1) is 0 Å². The van der Waals surface area contributed by atoms with Gasteiger partial charge in [0, 0.05) is 17.7 Å². The van der Waals surface area contributed by atoms with Crippen molar-refractivity contribution in [3.63, 3.8) is 0 Å². The molecule has 0 N–H and O–H groups in total. The number of fused-ring (bicyclic) bond motifs is 1. The fourth-order valence-electron chi connectivity index (χ4n) is 2.71. The summed E-state index contributed by atoms with van der Waals surface area (Å²) in [5, 5.41) is 11.0. The maximum absolute atomic E-state index is 12.6. The van der Waals surface area contributed by atoms with Crippen molar-refractivity contribution in [1.82, 2.24) is 0 Å². The maximum atomic E-state index is 12.6. The third-order valence-corrected chi connectivity index (χ3v) is 4.02. The van der Waals surface area contributed by atoms with Crippen molar-refractivity contribution in [1.29, 1.82) is 0 Å². The molecular formula is C18H16N2O5. The summed E-state index contributed by atoms with van der Waals surface area (Å²) in [5.41, 5.74) is 0.553. The fourth-order valence-corrected chi connectivity index (χ4v) is 2.71. The summed E-state index contributed by atoms with van der Waals surface area (Å²) in [6.45, 7) is 1.60. The number of benzene rings is 2. The van der Waals surface area contributed by atoms with Crippen LogP contribution in [-0.2, 0) is 4.79 Å². The molecule has 0 aromatic heterocycles. The molecule has 0 spiro atoms. The van der Waals surface area contributed by atoms with Gasteiger partial charge in [0.15, 0.2) is 11.9 Å². The predicted molar refractivity (Wildman–Crippen MR) is 90.9 cm³/mol. The largest absolute Gasteiger partial charge is 0.478 e. The molecule has 1 heterocycles. The molecular weight excluding hydrogens is 324 g/mol. The van der Waals surface area contributed by atoms with E-state index < -0.39 is 11.0 Å². The Labute approximate surface area is 144 Å². The van der Waals surface area contributed by atoms with Gasteiger partial charge < -0.3 is 4.74 Å². The van der Waals surface area contributed by atoms with Gasteiger partial charge in [-0.3, -0.25) is 24.6 Å². The lowest BCUT2D eigenvalue weighted by Crippen LogP contribution is -2.47. The third kappa shape index (κ3) is 3.21. The molecule has 1 aliphatic heterocycles. The summed E-state index contributed by atoms with van der Waals surface area (Å²) in [6, 6.07) is 12.6. The van der Waals surface area contributed by atoms with E-state index in [0.29, 0.717) is 17.7 Å². The zero-order chi connectivity index (χ0) is 18.0. The van der Waals surface area contributed by atoms with Crippen LogP contribution in [0.3, 0.4) is 0 Å². The number of nitro groups is 1. The summed E-state index contributed by atoms with van der Waals surface area (Å²) in [4.78, 5) is 36.9. The monoisotopic (exact) mass is 340 g/mol. The van der Waals surface area contributed by atoms with Crippen LogP contribution in [0.25, 0.3) is 0 Å². The number of amides is 1. The summed E-state index contributed by atoms with van der Waals surface area (Å²) in [6.07, 6.45) is -0.275. The van der Waals surface area contributed by atoms with Crippen LogP contribution < -0.4 is 9.64 Å². The first-order valence-electron chi connectivity index (χ1n) is 7.86. The van der Waals surface area contributed by atoms with E-state index in [0.717, 1.165) is 0 Å². The molecule has 0 saturated carbocycles. The van der Waals surface area contributed by atoms with Gasteiger partial charge in [0.25, 0.3) is 11.6 Å². The number of nitro benzene ring substituents is 1. The Hall–Kier alpha value is -3.22. The third-order valence-electron chi connectivity index (χ3n) is 4.02. The first-order valence-corrected chi connectivity index (χ1v) is 7.86. The Kier molecular flexibility index (Phi) is 4.47. The van der Waals surface area contributed by atoms with E-state index in [1.165, 1.54) is 23.1 Å². The van der Waals surface area contributed by atoms with E-state index >= 15 is 0 Å². The normalized spacial score (nSPS) is 16.1. The number of ether oxygens (including phenoxy) is 1. The number of carbonyl (C=O) groups is 2. The average molecular weight is 340 g/mol. The van der Waals surface area contributed by atoms with E-state index in [9.17, 15) is 19.7 Å². The Morgan fingerprint density at radius 3 is 2.60 bits per heavy atom. The molecule has 2 aromatic rings. The van der Waals surface area contributed by atoms with E-state index in [-0.39, 0.29) is 29.6 Å². The molecule has 1 aliphatic rings. The Bertz CT molecular complexity index is 835. The van der Waals surface area contributed by atoms with Gasteiger partial charge in [0.2, 0.25) is 0 Å². The van der Waals surface area contributed by atoms with Crippen LogP contribution in [0.1, 0.15) is 23.7 Å². The van der Waals surface area contributed by atoms with Gasteiger partial charge in [-0.1, -0.05) is 37.3 Å². The van der Waals surface area contributed by atoms with E-state index in [1.54, 1.807) is 37.3 Å². The first-order chi connectivity index (χ1) is 12.0. The van der Waals surface area contributed by atoms with Crippen molar-refractivity contribution in [2.24, 2.45) is 0 Å². The van der Waals surface area contributed by atoms with Crippen molar-refractivity contribution in [2.45, 2.75) is 19.4 Å². The van der Waals surface area contributed by atoms with Gasteiger partial charge in [0.05, 0.1) is 17.2 Å². The molecule has 7 heteroatoms. The van der Waals surface area contributed by atoms with E-state index in [1.807, 2.05) is 0 Å². The number of hydrogen-bond acceptors (Lipinski definition) is 5. The lowest BCUT2D eigenvalue weighted by atomic mass is 10.1. The SMILES string of the molecule is CCC1Oc2ccc([N+](=O)[O-])cc2N(CC(=O)c2ccccc2)C1=O. The highest BCUT2D eigenvalue weighted by atomic mass is 16.6. The van der Waals surface area contributed by atoms with Crippen LogP contribution >= 0.6 is 0 Å². The van der Waals surface area contributed by atoms with Crippen LogP contribution in [0.15, 0.2) is 48.5 Å². The highest BCUT2D eigenvalue weighted by Crippen LogP contribution is 2.37. The van der Waals surface area contributed by atoms with Crippen molar-refractivity contribution in [2.75, 3.05) is 11.4 Å². The Balaban J connectivity index is 1.99.